The normalized spacial score (nSPS) is 19.4. The minimum Gasteiger partial charge on any atom is -0.441 e. The SMILES string of the molecule is Cc1nc2c(ccc3onc([C@@H]4CCC(=O)NC4=O)c32)o1. The molecule has 1 aliphatic rings. The Morgan fingerprint density at radius 1 is 1.29 bits per heavy atom. The molecule has 1 atom stereocenters. The molecule has 7 nitrogen and oxygen atoms in total. The van der Waals surface area contributed by atoms with Gasteiger partial charge in [-0.15, -0.1) is 0 Å². The average molecular weight is 285 g/mol. The van der Waals surface area contributed by atoms with Crippen LogP contribution in [0.15, 0.2) is 21.1 Å². The number of hydrogen-bond donors (Lipinski definition) is 1. The first kappa shape index (κ1) is 12.1. The van der Waals surface area contributed by atoms with E-state index in [1.165, 1.54) is 0 Å². The molecule has 2 aromatic heterocycles. The minimum absolute atomic E-state index is 0.258. The Bertz CT molecular complexity index is 892. The van der Waals surface area contributed by atoms with Gasteiger partial charge in [-0.1, -0.05) is 5.16 Å². The second-order valence-corrected chi connectivity index (χ2v) is 5.09. The van der Waals surface area contributed by atoms with Crippen LogP contribution >= 0.6 is 0 Å². The number of carbonyl (C=O) groups is 2. The third kappa shape index (κ3) is 1.74. The summed E-state index contributed by atoms with van der Waals surface area (Å²) < 4.78 is 10.8. The molecule has 7 heteroatoms. The predicted octanol–water partition coefficient (Wildman–Crippen LogP) is 1.80. The highest BCUT2D eigenvalue weighted by Crippen LogP contribution is 2.34. The van der Waals surface area contributed by atoms with Crippen molar-refractivity contribution in [3.05, 3.63) is 23.7 Å². The largest absolute Gasteiger partial charge is 0.441 e. The summed E-state index contributed by atoms with van der Waals surface area (Å²) in [6.45, 7) is 1.75. The third-order valence-corrected chi connectivity index (χ3v) is 3.70. The summed E-state index contributed by atoms with van der Waals surface area (Å²) in [5.74, 6) is -0.579. The number of rotatable bonds is 1. The van der Waals surface area contributed by atoms with Crippen molar-refractivity contribution in [2.24, 2.45) is 0 Å². The van der Waals surface area contributed by atoms with Crippen LogP contribution in [-0.4, -0.2) is 22.0 Å². The number of carbonyl (C=O) groups excluding carboxylic acids is 2. The van der Waals surface area contributed by atoms with Crippen LogP contribution < -0.4 is 5.32 Å². The van der Waals surface area contributed by atoms with Crippen LogP contribution in [0, 0.1) is 6.92 Å². The van der Waals surface area contributed by atoms with E-state index >= 15 is 0 Å². The lowest BCUT2D eigenvalue weighted by molar-refractivity contribution is -0.134. The van der Waals surface area contributed by atoms with E-state index in [0.29, 0.717) is 46.5 Å². The molecule has 0 bridgehead atoms. The van der Waals surface area contributed by atoms with Gasteiger partial charge in [-0.3, -0.25) is 14.9 Å². The van der Waals surface area contributed by atoms with Crippen molar-refractivity contribution in [2.45, 2.75) is 25.7 Å². The number of nitrogens with zero attached hydrogens (tertiary/aromatic N) is 2. The van der Waals surface area contributed by atoms with E-state index in [2.05, 4.69) is 15.5 Å². The molecule has 3 heterocycles. The molecule has 1 fully saturated rings. The summed E-state index contributed by atoms with van der Waals surface area (Å²) in [7, 11) is 0. The maximum Gasteiger partial charge on any atom is 0.235 e. The number of aryl methyl sites for hydroxylation is 1. The number of aromatic nitrogens is 2. The summed E-state index contributed by atoms with van der Waals surface area (Å²) in [6, 6.07) is 3.50. The molecule has 1 N–H and O–H groups in total. The Morgan fingerprint density at radius 2 is 2.10 bits per heavy atom. The molecule has 0 radical (unpaired) electrons. The van der Waals surface area contributed by atoms with Gasteiger partial charge >= 0.3 is 0 Å². The number of nitrogens with one attached hydrogen (secondary N) is 1. The Hall–Kier alpha value is -2.70. The van der Waals surface area contributed by atoms with Crippen LogP contribution in [0.4, 0.5) is 0 Å². The lowest BCUT2D eigenvalue weighted by Gasteiger charge is -2.18. The lowest BCUT2D eigenvalue weighted by Crippen LogP contribution is -2.39. The van der Waals surface area contributed by atoms with Crippen molar-refractivity contribution in [3.8, 4) is 0 Å². The Kier molecular flexibility index (Phi) is 2.38. The van der Waals surface area contributed by atoms with Gasteiger partial charge in [0.05, 0.1) is 11.3 Å². The van der Waals surface area contributed by atoms with Crippen LogP contribution in [0.3, 0.4) is 0 Å². The fraction of sp³-hybridized carbons (Fsp3) is 0.286. The zero-order valence-electron chi connectivity index (χ0n) is 11.2. The third-order valence-electron chi connectivity index (χ3n) is 3.70. The highest BCUT2D eigenvalue weighted by atomic mass is 16.5. The Balaban J connectivity index is 1.94. The van der Waals surface area contributed by atoms with Gasteiger partial charge in [-0.25, -0.2) is 4.98 Å². The number of amides is 2. The monoisotopic (exact) mass is 285 g/mol. The molecule has 1 aliphatic heterocycles. The van der Waals surface area contributed by atoms with Gasteiger partial charge in [0, 0.05) is 13.3 Å². The maximum absolute atomic E-state index is 12.0. The standard InChI is InChI=1S/C14H11N3O4/c1-6-15-13-9(20-6)4-3-8-11(13)12(17-21-8)7-2-5-10(18)16-14(7)19/h3-4,7H,2,5H2,1H3,(H,16,18,19)/t7-/m0/s1. The molecule has 4 rings (SSSR count). The van der Waals surface area contributed by atoms with Crippen LogP contribution in [0.2, 0.25) is 0 Å². The van der Waals surface area contributed by atoms with E-state index in [4.69, 9.17) is 8.94 Å². The molecule has 0 saturated carbocycles. The molecular weight excluding hydrogens is 274 g/mol. The number of piperidine rings is 1. The molecule has 0 aliphatic carbocycles. The number of oxazole rings is 1. The van der Waals surface area contributed by atoms with Crippen LogP contribution in [-0.2, 0) is 9.59 Å². The number of imide groups is 1. The second-order valence-electron chi connectivity index (χ2n) is 5.09. The van der Waals surface area contributed by atoms with Gasteiger partial charge < -0.3 is 8.94 Å². The van der Waals surface area contributed by atoms with Crippen LogP contribution in [0.25, 0.3) is 22.1 Å². The Morgan fingerprint density at radius 3 is 2.90 bits per heavy atom. The average Bonchev–Trinajstić information content (AvgIpc) is 3.00. The Labute approximate surface area is 118 Å². The molecular formula is C14H11N3O4. The predicted molar refractivity (Wildman–Crippen MR) is 71.4 cm³/mol. The number of hydrogen-bond acceptors (Lipinski definition) is 6. The van der Waals surface area contributed by atoms with Crippen LogP contribution in [0.5, 0.6) is 0 Å². The molecule has 0 spiro atoms. The van der Waals surface area contributed by atoms with Crippen molar-refractivity contribution in [3.63, 3.8) is 0 Å². The fourth-order valence-corrected chi connectivity index (χ4v) is 2.75. The molecule has 2 amide bonds. The first-order valence-corrected chi connectivity index (χ1v) is 6.62. The summed E-state index contributed by atoms with van der Waals surface area (Å²) in [5.41, 5.74) is 2.31. The smallest absolute Gasteiger partial charge is 0.235 e. The lowest BCUT2D eigenvalue weighted by atomic mass is 9.92. The maximum atomic E-state index is 12.0. The van der Waals surface area contributed by atoms with E-state index in [1.807, 2.05) is 0 Å². The van der Waals surface area contributed by atoms with Crippen molar-refractivity contribution in [2.75, 3.05) is 0 Å². The van der Waals surface area contributed by atoms with Gasteiger partial charge in [0.2, 0.25) is 11.8 Å². The van der Waals surface area contributed by atoms with Gasteiger partial charge in [0.1, 0.15) is 11.2 Å². The van der Waals surface area contributed by atoms with Gasteiger partial charge in [0.15, 0.2) is 17.1 Å². The molecule has 1 saturated heterocycles. The molecule has 3 aromatic rings. The first-order valence-electron chi connectivity index (χ1n) is 6.62. The van der Waals surface area contributed by atoms with E-state index in [-0.39, 0.29) is 11.8 Å². The van der Waals surface area contributed by atoms with E-state index in [9.17, 15) is 9.59 Å². The van der Waals surface area contributed by atoms with Gasteiger partial charge in [-0.05, 0) is 18.6 Å². The van der Waals surface area contributed by atoms with E-state index < -0.39 is 5.92 Å². The number of fused-ring (bicyclic) bond motifs is 3. The summed E-state index contributed by atoms with van der Waals surface area (Å²) in [6.07, 6.45) is 0.706. The summed E-state index contributed by atoms with van der Waals surface area (Å²) in [4.78, 5) is 27.6. The van der Waals surface area contributed by atoms with Gasteiger partial charge in [0.25, 0.3) is 0 Å². The zero-order chi connectivity index (χ0) is 14.6. The van der Waals surface area contributed by atoms with Crippen molar-refractivity contribution >= 4 is 33.9 Å². The van der Waals surface area contributed by atoms with Gasteiger partial charge in [-0.2, -0.15) is 0 Å². The van der Waals surface area contributed by atoms with Crippen molar-refractivity contribution in [1.29, 1.82) is 0 Å². The summed E-state index contributed by atoms with van der Waals surface area (Å²) in [5, 5.41) is 7.04. The highest BCUT2D eigenvalue weighted by molar-refractivity contribution is 6.07. The van der Waals surface area contributed by atoms with E-state index in [0.717, 1.165) is 0 Å². The molecule has 0 unspecified atom stereocenters. The van der Waals surface area contributed by atoms with Crippen molar-refractivity contribution in [1.82, 2.24) is 15.5 Å². The highest BCUT2D eigenvalue weighted by Gasteiger charge is 2.32. The quantitative estimate of drug-likeness (QED) is 0.684. The summed E-state index contributed by atoms with van der Waals surface area (Å²) >= 11 is 0. The molecule has 106 valence electrons. The fourth-order valence-electron chi connectivity index (χ4n) is 2.75. The second kappa shape index (κ2) is 4.15. The zero-order valence-corrected chi connectivity index (χ0v) is 11.2. The topological polar surface area (TPSA) is 98.2 Å². The van der Waals surface area contributed by atoms with E-state index in [1.54, 1.807) is 19.1 Å². The van der Waals surface area contributed by atoms with Crippen LogP contribution in [0.1, 0.15) is 30.3 Å². The number of benzene rings is 1. The minimum atomic E-state index is -0.508. The molecule has 1 aromatic carbocycles. The first-order chi connectivity index (χ1) is 10.1. The van der Waals surface area contributed by atoms with Crippen molar-refractivity contribution < 1.29 is 18.5 Å². The molecule has 21 heavy (non-hydrogen) atoms.